The summed E-state index contributed by atoms with van der Waals surface area (Å²) < 4.78 is 20.3. The highest BCUT2D eigenvalue weighted by Gasteiger charge is 2.22. The fourth-order valence-electron chi connectivity index (χ4n) is 2.93. The van der Waals surface area contributed by atoms with Gasteiger partial charge in [0.05, 0.1) is 17.3 Å². The highest BCUT2D eigenvalue weighted by molar-refractivity contribution is 6.33. The van der Waals surface area contributed by atoms with Crippen molar-refractivity contribution >= 4 is 29.3 Å². The molecular weight excluding hydrogens is 349 g/mol. The Labute approximate surface area is 148 Å². The molecule has 0 aliphatic heterocycles. The standard InChI is InChI=1S/C17H17ClFN3O3/c18-12-6-3-7-13(19)16(12)17(24)25-10-15(23)21-14-8-9-20-22(14)11-4-1-2-5-11/h3,6-9,11H,1-2,4-5,10H2,(H,21,23). The van der Waals surface area contributed by atoms with E-state index in [1.54, 1.807) is 16.9 Å². The van der Waals surface area contributed by atoms with Crippen molar-refractivity contribution in [2.45, 2.75) is 31.7 Å². The molecule has 1 saturated carbocycles. The van der Waals surface area contributed by atoms with Gasteiger partial charge in [-0.15, -0.1) is 0 Å². The normalized spacial score (nSPS) is 14.5. The number of anilines is 1. The molecule has 8 heteroatoms. The van der Waals surface area contributed by atoms with Crippen LogP contribution in [0.5, 0.6) is 0 Å². The van der Waals surface area contributed by atoms with Crippen molar-refractivity contribution in [3.8, 4) is 0 Å². The van der Waals surface area contributed by atoms with E-state index in [9.17, 15) is 14.0 Å². The van der Waals surface area contributed by atoms with Gasteiger partial charge in [0.2, 0.25) is 0 Å². The number of esters is 1. The summed E-state index contributed by atoms with van der Waals surface area (Å²) in [6.45, 7) is -0.542. The molecule has 1 aromatic carbocycles. The van der Waals surface area contributed by atoms with Crippen LogP contribution in [0.4, 0.5) is 10.2 Å². The smallest absolute Gasteiger partial charge is 0.343 e. The molecule has 1 aromatic heterocycles. The first kappa shape index (κ1) is 17.4. The van der Waals surface area contributed by atoms with E-state index in [4.69, 9.17) is 16.3 Å². The maximum atomic E-state index is 13.7. The van der Waals surface area contributed by atoms with Crippen LogP contribution in [0.2, 0.25) is 5.02 Å². The molecule has 0 bridgehead atoms. The van der Waals surface area contributed by atoms with Crippen LogP contribution in [-0.4, -0.2) is 28.3 Å². The van der Waals surface area contributed by atoms with Crippen molar-refractivity contribution in [1.29, 1.82) is 0 Å². The lowest BCUT2D eigenvalue weighted by atomic mass is 10.2. The van der Waals surface area contributed by atoms with E-state index in [1.807, 2.05) is 0 Å². The second-order valence-electron chi connectivity index (χ2n) is 5.82. The molecule has 0 spiro atoms. The predicted octanol–water partition coefficient (Wildman–Crippen LogP) is 3.59. The Balaban J connectivity index is 1.59. The van der Waals surface area contributed by atoms with Crippen molar-refractivity contribution in [1.82, 2.24) is 9.78 Å². The summed E-state index contributed by atoms with van der Waals surface area (Å²) in [5.74, 6) is -1.75. The number of ether oxygens (including phenoxy) is 1. The summed E-state index contributed by atoms with van der Waals surface area (Å²) in [7, 11) is 0. The first-order valence-corrected chi connectivity index (χ1v) is 8.38. The molecular formula is C17H17ClFN3O3. The second-order valence-corrected chi connectivity index (χ2v) is 6.23. The van der Waals surface area contributed by atoms with Crippen molar-refractivity contribution in [3.05, 3.63) is 46.9 Å². The van der Waals surface area contributed by atoms with E-state index in [0.717, 1.165) is 31.7 Å². The third-order valence-electron chi connectivity index (χ3n) is 4.11. The molecule has 1 aliphatic rings. The van der Waals surface area contributed by atoms with Crippen molar-refractivity contribution < 1.29 is 18.7 Å². The van der Waals surface area contributed by atoms with Crippen LogP contribution in [0.25, 0.3) is 0 Å². The molecule has 1 heterocycles. The van der Waals surface area contributed by atoms with Gasteiger partial charge in [0.1, 0.15) is 17.2 Å². The molecule has 1 amide bonds. The number of aromatic nitrogens is 2. The number of amides is 1. The minimum absolute atomic E-state index is 0.0651. The third kappa shape index (κ3) is 3.99. The number of nitrogens with zero attached hydrogens (tertiary/aromatic N) is 2. The van der Waals surface area contributed by atoms with Gasteiger partial charge in [0.15, 0.2) is 6.61 Å². The molecule has 2 aromatic rings. The van der Waals surface area contributed by atoms with Crippen LogP contribution < -0.4 is 5.32 Å². The lowest BCUT2D eigenvalue weighted by Crippen LogP contribution is -2.23. The number of hydrogen-bond donors (Lipinski definition) is 1. The lowest BCUT2D eigenvalue weighted by molar-refractivity contribution is -0.119. The van der Waals surface area contributed by atoms with E-state index in [-0.39, 0.29) is 16.6 Å². The summed E-state index contributed by atoms with van der Waals surface area (Å²) in [4.78, 5) is 24.0. The SMILES string of the molecule is O=C(COC(=O)c1c(F)cccc1Cl)Nc1ccnn1C1CCCC1. The summed E-state index contributed by atoms with van der Waals surface area (Å²) in [5, 5.41) is 6.84. The quantitative estimate of drug-likeness (QED) is 0.822. The second kappa shape index (κ2) is 7.65. The maximum absolute atomic E-state index is 13.7. The maximum Gasteiger partial charge on any atom is 0.343 e. The number of carbonyl (C=O) groups is 2. The van der Waals surface area contributed by atoms with E-state index < -0.39 is 24.3 Å². The van der Waals surface area contributed by atoms with Crippen molar-refractivity contribution in [2.75, 3.05) is 11.9 Å². The van der Waals surface area contributed by atoms with Crippen LogP contribution in [-0.2, 0) is 9.53 Å². The molecule has 132 valence electrons. The van der Waals surface area contributed by atoms with E-state index >= 15 is 0 Å². The van der Waals surface area contributed by atoms with Crippen LogP contribution in [0.15, 0.2) is 30.5 Å². The van der Waals surface area contributed by atoms with Crippen molar-refractivity contribution in [3.63, 3.8) is 0 Å². The molecule has 1 N–H and O–H groups in total. The van der Waals surface area contributed by atoms with Gasteiger partial charge >= 0.3 is 5.97 Å². The summed E-state index contributed by atoms with van der Waals surface area (Å²) >= 11 is 5.80. The Bertz CT molecular complexity index is 767. The van der Waals surface area contributed by atoms with Crippen LogP contribution in [0, 0.1) is 5.82 Å². The van der Waals surface area contributed by atoms with Gasteiger partial charge in [-0.25, -0.2) is 13.9 Å². The van der Waals surface area contributed by atoms with E-state index in [1.165, 1.54) is 12.1 Å². The largest absolute Gasteiger partial charge is 0.452 e. The Morgan fingerprint density at radius 1 is 1.32 bits per heavy atom. The number of hydrogen-bond acceptors (Lipinski definition) is 4. The van der Waals surface area contributed by atoms with Crippen LogP contribution in [0.1, 0.15) is 42.1 Å². The van der Waals surface area contributed by atoms with Gasteiger partial charge in [-0.05, 0) is 25.0 Å². The van der Waals surface area contributed by atoms with Gasteiger partial charge in [-0.3, -0.25) is 4.79 Å². The summed E-state index contributed by atoms with van der Waals surface area (Å²) in [5.41, 5.74) is -0.382. The molecule has 6 nitrogen and oxygen atoms in total. The monoisotopic (exact) mass is 365 g/mol. The number of carbonyl (C=O) groups excluding carboxylic acids is 2. The zero-order valence-electron chi connectivity index (χ0n) is 13.4. The van der Waals surface area contributed by atoms with Crippen LogP contribution >= 0.6 is 11.6 Å². The van der Waals surface area contributed by atoms with Crippen molar-refractivity contribution in [2.24, 2.45) is 0 Å². The van der Waals surface area contributed by atoms with E-state index in [2.05, 4.69) is 10.4 Å². The van der Waals surface area contributed by atoms with E-state index in [0.29, 0.717) is 5.82 Å². The Morgan fingerprint density at radius 3 is 2.80 bits per heavy atom. The molecule has 0 saturated heterocycles. The first-order chi connectivity index (χ1) is 12.1. The highest BCUT2D eigenvalue weighted by Crippen LogP contribution is 2.31. The Morgan fingerprint density at radius 2 is 2.08 bits per heavy atom. The number of nitrogens with one attached hydrogen (secondary N) is 1. The highest BCUT2D eigenvalue weighted by atomic mass is 35.5. The van der Waals surface area contributed by atoms with Gasteiger partial charge in [-0.2, -0.15) is 5.10 Å². The fraction of sp³-hybridized carbons (Fsp3) is 0.353. The average molecular weight is 366 g/mol. The molecule has 1 aliphatic carbocycles. The molecule has 1 fully saturated rings. The third-order valence-corrected chi connectivity index (χ3v) is 4.42. The number of rotatable bonds is 5. The van der Waals surface area contributed by atoms with Gasteiger partial charge in [0, 0.05) is 6.07 Å². The number of benzene rings is 1. The molecule has 0 atom stereocenters. The Kier molecular flexibility index (Phi) is 5.33. The lowest BCUT2D eigenvalue weighted by Gasteiger charge is -2.14. The van der Waals surface area contributed by atoms with Gasteiger partial charge in [-0.1, -0.05) is 30.5 Å². The Hall–Kier alpha value is -2.41. The summed E-state index contributed by atoms with van der Waals surface area (Å²) in [6, 6.07) is 5.81. The molecule has 0 unspecified atom stereocenters. The number of halogens is 2. The van der Waals surface area contributed by atoms with Gasteiger partial charge in [0.25, 0.3) is 5.91 Å². The minimum Gasteiger partial charge on any atom is -0.452 e. The molecule has 25 heavy (non-hydrogen) atoms. The molecule has 0 radical (unpaired) electrons. The summed E-state index contributed by atoms with van der Waals surface area (Å²) in [6.07, 6.45) is 5.92. The van der Waals surface area contributed by atoms with Crippen LogP contribution in [0.3, 0.4) is 0 Å². The van der Waals surface area contributed by atoms with Gasteiger partial charge < -0.3 is 10.1 Å². The zero-order valence-corrected chi connectivity index (χ0v) is 14.1. The first-order valence-electron chi connectivity index (χ1n) is 8.01. The zero-order chi connectivity index (χ0) is 17.8. The predicted molar refractivity (Wildman–Crippen MR) is 90.1 cm³/mol. The average Bonchev–Trinajstić information content (AvgIpc) is 3.23. The minimum atomic E-state index is -0.984. The topological polar surface area (TPSA) is 73.2 Å². The molecule has 3 rings (SSSR count). The fourth-order valence-corrected chi connectivity index (χ4v) is 3.17.